The molecule has 0 radical (unpaired) electrons. The molecule has 4 aliphatic rings. The number of ether oxygens (including phenoxy) is 2. The lowest BCUT2D eigenvalue weighted by atomic mass is 9.94. The van der Waals surface area contributed by atoms with Crippen LogP contribution in [-0.4, -0.2) is 101 Å². The van der Waals surface area contributed by atoms with Crippen molar-refractivity contribution < 1.29 is 38.6 Å². The van der Waals surface area contributed by atoms with Gasteiger partial charge in [-0.25, -0.2) is 14.4 Å². The Morgan fingerprint density at radius 2 is 1.80 bits per heavy atom. The van der Waals surface area contributed by atoms with E-state index in [1.165, 1.54) is 10.5 Å². The summed E-state index contributed by atoms with van der Waals surface area (Å²) >= 11 is 0. The fraction of sp³-hybridized carbons (Fsp3) is 0.694. The smallest absolute Gasteiger partial charge is 0.410 e. The average Bonchev–Trinajstić information content (AvgIpc) is 3.61. The van der Waals surface area contributed by atoms with Crippen molar-refractivity contribution >= 4 is 35.7 Å². The number of amides is 4. The van der Waals surface area contributed by atoms with Crippen molar-refractivity contribution in [1.82, 2.24) is 20.4 Å². The first-order valence-corrected chi connectivity index (χ1v) is 17.7. The van der Waals surface area contributed by atoms with Gasteiger partial charge in [-0.1, -0.05) is 51.2 Å². The molecule has 13 nitrogen and oxygen atoms in total. The predicted octanol–water partition coefficient (Wildman–Crippen LogP) is 4.06. The first-order valence-electron chi connectivity index (χ1n) is 17.7. The number of anilines is 1. The van der Waals surface area contributed by atoms with Crippen LogP contribution in [0.2, 0.25) is 0 Å². The van der Waals surface area contributed by atoms with Gasteiger partial charge in [0.1, 0.15) is 29.3 Å². The molecule has 1 aromatic rings. The highest BCUT2D eigenvalue weighted by atomic mass is 16.6. The zero-order chi connectivity index (χ0) is 35.7. The molecule has 49 heavy (non-hydrogen) atoms. The standard InChI is InChI=1S/C36H53N5O8/c1-22-12-9-7-8-10-14-27(37-33(46)49-35(2,3)4)31(43)41-21-24(18-29(41)30(42)38-36(32(44)45)19-26(22)36)48-34(47)40-17-16-25-23(20-40)13-11-15-28(25)39(5)6/h11,13,15,22,24,26-27,29H,7-10,12,14,16-21H2,1-6H3,(H,37,46)(H,38,42)(H,44,45)/t22?,24?,26-,27-,29-,36+/m0/s1. The van der Waals surface area contributed by atoms with E-state index >= 15 is 0 Å². The molecular formula is C36H53N5O8. The summed E-state index contributed by atoms with van der Waals surface area (Å²) in [4.78, 5) is 72.1. The first-order chi connectivity index (χ1) is 23.1. The van der Waals surface area contributed by atoms with Gasteiger partial charge in [0.15, 0.2) is 0 Å². The van der Waals surface area contributed by atoms with E-state index in [2.05, 4.69) is 21.6 Å². The van der Waals surface area contributed by atoms with Crippen molar-refractivity contribution in [2.24, 2.45) is 11.8 Å². The molecule has 0 bridgehead atoms. The molecule has 1 saturated carbocycles. The number of fused-ring (bicyclic) bond motifs is 3. The summed E-state index contributed by atoms with van der Waals surface area (Å²) in [5, 5.41) is 15.8. The number of carboxylic acids is 1. The molecule has 2 saturated heterocycles. The summed E-state index contributed by atoms with van der Waals surface area (Å²) in [6.07, 6.45) is 3.38. The van der Waals surface area contributed by atoms with Crippen LogP contribution in [0.3, 0.4) is 0 Å². The van der Waals surface area contributed by atoms with Gasteiger partial charge in [0.25, 0.3) is 0 Å². The summed E-state index contributed by atoms with van der Waals surface area (Å²) in [5.74, 6) is -2.30. The number of rotatable bonds is 4. The normalized spacial score (nSPS) is 29.2. The Labute approximate surface area is 289 Å². The third-order valence-corrected chi connectivity index (χ3v) is 10.4. The van der Waals surface area contributed by atoms with E-state index < -0.39 is 59.3 Å². The maximum absolute atomic E-state index is 14.2. The molecule has 1 aliphatic carbocycles. The Morgan fingerprint density at radius 3 is 2.47 bits per heavy atom. The van der Waals surface area contributed by atoms with E-state index in [1.807, 2.05) is 33.2 Å². The lowest BCUT2D eigenvalue weighted by Crippen LogP contribution is -2.56. The number of aliphatic carboxylic acids is 1. The van der Waals surface area contributed by atoms with Gasteiger partial charge in [0.05, 0.1) is 6.54 Å². The number of alkyl carbamates (subject to hydrolysis) is 1. The second kappa shape index (κ2) is 14.4. The van der Waals surface area contributed by atoms with E-state index in [-0.39, 0.29) is 24.8 Å². The fourth-order valence-electron chi connectivity index (χ4n) is 7.75. The predicted molar refractivity (Wildman–Crippen MR) is 182 cm³/mol. The zero-order valence-electron chi connectivity index (χ0n) is 29.8. The average molecular weight is 684 g/mol. The van der Waals surface area contributed by atoms with E-state index in [4.69, 9.17) is 9.47 Å². The van der Waals surface area contributed by atoms with Crippen LogP contribution in [0.15, 0.2) is 18.2 Å². The Kier molecular flexibility index (Phi) is 10.7. The molecule has 13 heteroatoms. The minimum absolute atomic E-state index is 0.00753. The van der Waals surface area contributed by atoms with Gasteiger partial charge in [-0.2, -0.15) is 0 Å². The van der Waals surface area contributed by atoms with Gasteiger partial charge in [0, 0.05) is 39.3 Å². The van der Waals surface area contributed by atoms with E-state index in [0.717, 1.165) is 36.9 Å². The number of hydrogen-bond acceptors (Lipinski definition) is 8. The van der Waals surface area contributed by atoms with Crippen LogP contribution in [-0.2, 0) is 36.8 Å². The number of nitrogens with one attached hydrogen (secondary N) is 2. The third-order valence-electron chi connectivity index (χ3n) is 10.4. The van der Waals surface area contributed by atoms with Crippen LogP contribution in [0.4, 0.5) is 15.3 Å². The van der Waals surface area contributed by atoms with Crippen molar-refractivity contribution in [3.05, 3.63) is 29.3 Å². The van der Waals surface area contributed by atoms with Crippen molar-refractivity contribution in [1.29, 1.82) is 0 Å². The summed E-state index contributed by atoms with van der Waals surface area (Å²) < 4.78 is 11.4. The molecular weight excluding hydrogens is 630 g/mol. The molecule has 5 rings (SSSR count). The Morgan fingerprint density at radius 1 is 1.08 bits per heavy atom. The Hall–Kier alpha value is -4.03. The lowest BCUT2D eigenvalue weighted by molar-refractivity contribution is -0.146. The van der Waals surface area contributed by atoms with Gasteiger partial charge in [-0.05, 0) is 69.1 Å². The van der Waals surface area contributed by atoms with E-state index in [9.17, 15) is 29.1 Å². The first kappa shape index (κ1) is 36.3. The van der Waals surface area contributed by atoms with Crippen LogP contribution in [0.5, 0.6) is 0 Å². The SMILES string of the molecule is CC1CCCCCC[C@H](NC(=O)OC(C)(C)C)C(=O)N2CC(OC(=O)N3CCc4c(cccc4N(C)C)C3)C[C@H]2C(=O)N[C@]2(C(=O)O)C[C@@H]12. The number of carbonyl (C=O) groups is 5. The molecule has 1 aromatic carbocycles. The number of hydrogen-bond donors (Lipinski definition) is 3. The number of carboxylic acid groups (broad SMARTS) is 1. The molecule has 3 aliphatic heterocycles. The number of nitrogens with zero attached hydrogens (tertiary/aromatic N) is 3. The van der Waals surface area contributed by atoms with Crippen molar-refractivity contribution in [3.63, 3.8) is 0 Å². The van der Waals surface area contributed by atoms with Crippen molar-refractivity contribution in [3.8, 4) is 0 Å². The largest absolute Gasteiger partial charge is 0.479 e. The van der Waals surface area contributed by atoms with Gasteiger partial charge < -0.3 is 39.9 Å². The summed E-state index contributed by atoms with van der Waals surface area (Å²) in [6, 6.07) is 3.95. The number of benzene rings is 1. The Balaban J connectivity index is 1.37. The number of carbonyl (C=O) groups excluding carboxylic acids is 4. The summed E-state index contributed by atoms with van der Waals surface area (Å²) in [5.41, 5.74) is 1.14. The van der Waals surface area contributed by atoms with Crippen LogP contribution in [0.25, 0.3) is 0 Å². The molecule has 0 spiro atoms. The topological polar surface area (TPSA) is 158 Å². The highest BCUT2D eigenvalue weighted by Crippen LogP contribution is 2.50. The van der Waals surface area contributed by atoms with Crippen LogP contribution >= 0.6 is 0 Å². The maximum atomic E-state index is 14.2. The maximum Gasteiger partial charge on any atom is 0.410 e. The molecule has 3 heterocycles. The van der Waals surface area contributed by atoms with Gasteiger partial charge in [-0.3, -0.25) is 9.59 Å². The van der Waals surface area contributed by atoms with Crippen molar-refractivity contribution in [2.45, 2.75) is 121 Å². The molecule has 2 unspecified atom stereocenters. The highest BCUT2D eigenvalue weighted by molar-refractivity contribution is 5.96. The van der Waals surface area contributed by atoms with Crippen LogP contribution in [0, 0.1) is 11.8 Å². The zero-order valence-corrected chi connectivity index (χ0v) is 29.8. The quantitative estimate of drug-likeness (QED) is 0.426. The van der Waals surface area contributed by atoms with Crippen LogP contribution in [0.1, 0.15) is 90.2 Å². The van der Waals surface area contributed by atoms with Gasteiger partial charge >= 0.3 is 18.2 Å². The monoisotopic (exact) mass is 683 g/mol. The van der Waals surface area contributed by atoms with E-state index in [0.29, 0.717) is 38.8 Å². The minimum atomic E-state index is -1.40. The third kappa shape index (κ3) is 8.24. The van der Waals surface area contributed by atoms with Gasteiger partial charge in [0.2, 0.25) is 11.8 Å². The fourth-order valence-corrected chi connectivity index (χ4v) is 7.75. The highest BCUT2D eigenvalue weighted by Gasteiger charge is 2.64. The van der Waals surface area contributed by atoms with E-state index in [1.54, 1.807) is 25.7 Å². The second-order valence-corrected chi connectivity index (χ2v) is 15.5. The second-order valence-electron chi connectivity index (χ2n) is 15.5. The minimum Gasteiger partial charge on any atom is -0.479 e. The molecule has 4 amide bonds. The molecule has 3 N–H and O–H groups in total. The lowest BCUT2D eigenvalue weighted by Gasteiger charge is -2.31. The molecule has 6 atom stereocenters. The molecule has 0 aromatic heterocycles. The van der Waals surface area contributed by atoms with Crippen molar-refractivity contribution in [2.75, 3.05) is 32.1 Å². The summed E-state index contributed by atoms with van der Waals surface area (Å²) in [6.45, 7) is 7.99. The molecule has 3 fully saturated rings. The Bertz CT molecular complexity index is 1440. The van der Waals surface area contributed by atoms with Crippen LogP contribution < -0.4 is 15.5 Å². The van der Waals surface area contributed by atoms with Gasteiger partial charge in [-0.15, -0.1) is 0 Å². The summed E-state index contributed by atoms with van der Waals surface area (Å²) in [7, 11) is 3.97. The molecule has 270 valence electrons.